The molecule has 0 saturated carbocycles. The minimum absolute atomic E-state index is 0.0814. The SMILES string of the molecule is O=C(Nc1cccc2c1C(=O)C(C(=O)c1ccc(N3CCCCC3)cc1)C2=O)NN1CCOCC1. The number of urea groups is 1. The fourth-order valence-corrected chi connectivity index (χ4v) is 4.91. The van der Waals surface area contributed by atoms with E-state index < -0.39 is 29.3 Å². The summed E-state index contributed by atoms with van der Waals surface area (Å²) in [5.74, 6) is -3.08. The first kappa shape index (κ1) is 23.2. The molecule has 1 unspecified atom stereocenters. The summed E-state index contributed by atoms with van der Waals surface area (Å²) in [5, 5.41) is 4.38. The summed E-state index contributed by atoms with van der Waals surface area (Å²) >= 11 is 0. The number of nitrogens with zero attached hydrogens (tertiary/aromatic N) is 2. The molecule has 35 heavy (non-hydrogen) atoms. The van der Waals surface area contributed by atoms with Crippen LogP contribution in [0.15, 0.2) is 42.5 Å². The van der Waals surface area contributed by atoms with Crippen LogP contribution in [0.3, 0.4) is 0 Å². The van der Waals surface area contributed by atoms with Gasteiger partial charge in [-0.05, 0) is 49.6 Å². The fourth-order valence-electron chi connectivity index (χ4n) is 4.91. The van der Waals surface area contributed by atoms with E-state index in [1.54, 1.807) is 29.3 Å². The van der Waals surface area contributed by atoms with Crippen LogP contribution in [0, 0.1) is 5.92 Å². The molecule has 9 nitrogen and oxygen atoms in total. The van der Waals surface area contributed by atoms with Gasteiger partial charge in [-0.3, -0.25) is 19.8 Å². The summed E-state index contributed by atoms with van der Waals surface area (Å²) in [6.07, 6.45) is 3.51. The van der Waals surface area contributed by atoms with Gasteiger partial charge in [0.2, 0.25) is 0 Å². The number of ketones is 3. The van der Waals surface area contributed by atoms with E-state index in [0.717, 1.165) is 31.6 Å². The van der Waals surface area contributed by atoms with E-state index in [9.17, 15) is 19.2 Å². The second kappa shape index (κ2) is 9.97. The number of hydrogen-bond acceptors (Lipinski definition) is 7. The Morgan fingerprint density at radius 3 is 2.29 bits per heavy atom. The minimum Gasteiger partial charge on any atom is -0.379 e. The van der Waals surface area contributed by atoms with Crippen molar-refractivity contribution in [2.24, 2.45) is 5.92 Å². The average molecular weight is 477 g/mol. The molecule has 2 fully saturated rings. The number of carbonyl (C=O) groups excluding carboxylic acids is 4. The highest BCUT2D eigenvalue weighted by molar-refractivity contribution is 6.39. The van der Waals surface area contributed by atoms with Crippen LogP contribution in [0.4, 0.5) is 16.2 Å². The lowest BCUT2D eigenvalue weighted by Gasteiger charge is -2.28. The van der Waals surface area contributed by atoms with E-state index in [4.69, 9.17) is 4.74 Å². The van der Waals surface area contributed by atoms with E-state index in [1.807, 2.05) is 12.1 Å². The smallest absolute Gasteiger partial charge is 0.333 e. The van der Waals surface area contributed by atoms with Gasteiger partial charge in [0.25, 0.3) is 0 Å². The van der Waals surface area contributed by atoms with Gasteiger partial charge in [-0.15, -0.1) is 0 Å². The van der Waals surface area contributed by atoms with E-state index in [1.165, 1.54) is 12.5 Å². The molecule has 2 saturated heterocycles. The van der Waals surface area contributed by atoms with Crippen molar-refractivity contribution in [3.8, 4) is 0 Å². The molecule has 2 aliphatic heterocycles. The fraction of sp³-hybridized carbons (Fsp3) is 0.385. The third-order valence-electron chi connectivity index (χ3n) is 6.75. The molecule has 0 spiro atoms. The molecule has 2 amide bonds. The first-order valence-corrected chi connectivity index (χ1v) is 12.0. The molecule has 1 aliphatic carbocycles. The van der Waals surface area contributed by atoms with Crippen LogP contribution in [0.2, 0.25) is 0 Å². The number of nitrogens with one attached hydrogen (secondary N) is 2. The molecule has 2 aromatic rings. The third kappa shape index (κ3) is 4.69. The molecule has 1 atom stereocenters. The molecule has 9 heteroatoms. The normalized spacial score (nSPS) is 20.5. The molecular formula is C26H28N4O5. The van der Waals surface area contributed by atoms with Gasteiger partial charge in [-0.25, -0.2) is 9.80 Å². The largest absolute Gasteiger partial charge is 0.379 e. The lowest BCUT2D eigenvalue weighted by Crippen LogP contribution is -2.49. The van der Waals surface area contributed by atoms with Crippen LogP contribution < -0.4 is 15.6 Å². The summed E-state index contributed by atoms with van der Waals surface area (Å²) in [7, 11) is 0. The van der Waals surface area contributed by atoms with Gasteiger partial charge in [-0.1, -0.05) is 12.1 Å². The van der Waals surface area contributed by atoms with Crippen molar-refractivity contribution in [3.63, 3.8) is 0 Å². The van der Waals surface area contributed by atoms with E-state index >= 15 is 0 Å². The number of carbonyl (C=O) groups is 4. The lowest BCUT2D eigenvalue weighted by molar-refractivity contribution is 0.0207. The zero-order valence-corrected chi connectivity index (χ0v) is 19.4. The Bertz CT molecular complexity index is 1150. The number of ether oxygens (including phenoxy) is 1. The number of Topliss-reactive ketones (excluding diaryl/α,β-unsaturated/α-hetero) is 3. The average Bonchev–Trinajstić information content (AvgIpc) is 3.15. The van der Waals surface area contributed by atoms with Gasteiger partial charge < -0.3 is 15.0 Å². The number of hydrazine groups is 1. The van der Waals surface area contributed by atoms with Crippen molar-refractivity contribution < 1.29 is 23.9 Å². The van der Waals surface area contributed by atoms with Crippen LogP contribution in [-0.4, -0.2) is 67.8 Å². The van der Waals surface area contributed by atoms with Crippen molar-refractivity contribution in [1.82, 2.24) is 10.4 Å². The van der Waals surface area contributed by atoms with Gasteiger partial charge in [0.05, 0.1) is 24.5 Å². The van der Waals surface area contributed by atoms with Crippen LogP contribution in [0.1, 0.15) is 50.3 Å². The molecule has 2 heterocycles. The molecule has 0 radical (unpaired) electrons. The first-order valence-electron chi connectivity index (χ1n) is 12.0. The Morgan fingerprint density at radius 1 is 0.857 bits per heavy atom. The number of rotatable bonds is 5. The quantitative estimate of drug-likeness (QED) is 0.505. The highest BCUT2D eigenvalue weighted by Crippen LogP contribution is 2.34. The van der Waals surface area contributed by atoms with Crippen molar-refractivity contribution in [3.05, 3.63) is 59.2 Å². The molecular weight excluding hydrogens is 448 g/mol. The summed E-state index contributed by atoms with van der Waals surface area (Å²) in [6.45, 7) is 4.08. The number of piperidine rings is 1. The Kier molecular flexibility index (Phi) is 6.61. The van der Waals surface area contributed by atoms with Gasteiger partial charge >= 0.3 is 6.03 Å². The molecule has 2 aromatic carbocycles. The lowest BCUT2D eigenvalue weighted by atomic mass is 9.93. The zero-order chi connectivity index (χ0) is 24.4. The Hall–Kier alpha value is -3.56. The molecule has 2 N–H and O–H groups in total. The van der Waals surface area contributed by atoms with Crippen molar-refractivity contribution >= 4 is 34.8 Å². The van der Waals surface area contributed by atoms with Gasteiger partial charge in [0.15, 0.2) is 17.3 Å². The van der Waals surface area contributed by atoms with Crippen LogP contribution in [0.5, 0.6) is 0 Å². The molecule has 182 valence electrons. The number of amides is 2. The van der Waals surface area contributed by atoms with Crippen LogP contribution in [0.25, 0.3) is 0 Å². The van der Waals surface area contributed by atoms with Gasteiger partial charge in [0, 0.05) is 43.0 Å². The summed E-state index contributed by atoms with van der Waals surface area (Å²) in [4.78, 5) is 54.4. The number of fused-ring (bicyclic) bond motifs is 1. The third-order valence-corrected chi connectivity index (χ3v) is 6.75. The maximum Gasteiger partial charge on any atom is 0.333 e. The van der Waals surface area contributed by atoms with Crippen LogP contribution >= 0.6 is 0 Å². The van der Waals surface area contributed by atoms with Crippen LogP contribution in [-0.2, 0) is 4.74 Å². The molecule has 0 aromatic heterocycles. The highest BCUT2D eigenvalue weighted by atomic mass is 16.5. The molecule has 3 aliphatic rings. The summed E-state index contributed by atoms with van der Waals surface area (Å²) in [5.41, 5.74) is 4.52. The number of morpholine rings is 1. The summed E-state index contributed by atoms with van der Waals surface area (Å²) < 4.78 is 5.26. The second-order valence-electron chi connectivity index (χ2n) is 9.01. The maximum atomic E-state index is 13.3. The van der Waals surface area contributed by atoms with Gasteiger partial charge in [-0.2, -0.15) is 0 Å². The second-order valence-corrected chi connectivity index (χ2v) is 9.01. The van der Waals surface area contributed by atoms with Crippen molar-refractivity contribution in [2.45, 2.75) is 19.3 Å². The highest BCUT2D eigenvalue weighted by Gasteiger charge is 2.45. The number of anilines is 2. The minimum atomic E-state index is -1.43. The van der Waals surface area contributed by atoms with E-state index in [0.29, 0.717) is 31.9 Å². The zero-order valence-electron chi connectivity index (χ0n) is 19.4. The van der Waals surface area contributed by atoms with Gasteiger partial charge in [0.1, 0.15) is 5.92 Å². The topological polar surface area (TPSA) is 108 Å². The molecule has 5 rings (SSSR count). The van der Waals surface area contributed by atoms with E-state index in [-0.39, 0.29) is 16.8 Å². The number of benzene rings is 2. The Morgan fingerprint density at radius 2 is 1.57 bits per heavy atom. The predicted octanol–water partition coefficient (Wildman–Crippen LogP) is 2.92. The standard InChI is InChI=1S/C26H28N4O5/c31-23(17-7-9-18(10-8-17)29-11-2-1-3-12-29)22-24(32)19-5-4-6-20(21(19)25(22)33)27-26(34)28-30-13-15-35-16-14-30/h4-10,22H,1-3,11-16H2,(H2,27,28,34). The Labute approximate surface area is 203 Å². The predicted molar refractivity (Wildman–Crippen MR) is 130 cm³/mol. The van der Waals surface area contributed by atoms with E-state index in [2.05, 4.69) is 15.6 Å². The molecule has 0 bridgehead atoms. The maximum absolute atomic E-state index is 13.3. The number of hydrogen-bond donors (Lipinski definition) is 2. The summed E-state index contributed by atoms with van der Waals surface area (Å²) in [6, 6.07) is 11.3. The first-order chi connectivity index (χ1) is 17.0. The monoisotopic (exact) mass is 476 g/mol. The van der Waals surface area contributed by atoms with Crippen molar-refractivity contribution in [2.75, 3.05) is 49.6 Å². The van der Waals surface area contributed by atoms with Crippen molar-refractivity contribution in [1.29, 1.82) is 0 Å². The Balaban J connectivity index is 1.32.